The summed E-state index contributed by atoms with van der Waals surface area (Å²) < 4.78 is 15.9. The summed E-state index contributed by atoms with van der Waals surface area (Å²) in [5.41, 5.74) is 1.44. The van der Waals surface area contributed by atoms with E-state index in [1.165, 1.54) is 6.07 Å². The molecule has 0 aliphatic heterocycles. The second-order valence-corrected chi connectivity index (χ2v) is 6.07. The summed E-state index contributed by atoms with van der Waals surface area (Å²) in [6.45, 7) is 1.77. The molecular formula is C15H10Cl3FN2. The number of alkyl halides is 1. The maximum Gasteiger partial charge on any atom is 0.148 e. The van der Waals surface area contributed by atoms with Crippen LogP contribution < -0.4 is 0 Å². The number of nitrogens with zero attached hydrogens (tertiary/aromatic N) is 2. The lowest BCUT2D eigenvalue weighted by atomic mass is 10.2. The molecular weight excluding hydrogens is 334 g/mol. The fourth-order valence-electron chi connectivity index (χ4n) is 2.30. The van der Waals surface area contributed by atoms with E-state index in [1.807, 2.05) is 0 Å². The third-order valence-corrected chi connectivity index (χ3v) is 3.98. The minimum Gasteiger partial charge on any atom is -0.289 e. The van der Waals surface area contributed by atoms with E-state index in [2.05, 4.69) is 4.98 Å². The number of halogens is 4. The first-order chi connectivity index (χ1) is 10.0. The van der Waals surface area contributed by atoms with E-state index >= 15 is 0 Å². The van der Waals surface area contributed by atoms with Crippen LogP contribution in [0.1, 0.15) is 18.1 Å². The van der Waals surface area contributed by atoms with Gasteiger partial charge in [0.2, 0.25) is 0 Å². The van der Waals surface area contributed by atoms with Crippen LogP contribution in [-0.4, -0.2) is 9.55 Å². The van der Waals surface area contributed by atoms with Crippen LogP contribution in [0, 0.1) is 5.82 Å². The Morgan fingerprint density at radius 3 is 2.43 bits per heavy atom. The Balaban J connectivity index is 2.48. The van der Waals surface area contributed by atoms with Gasteiger partial charge in [-0.2, -0.15) is 0 Å². The molecule has 0 aliphatic rings. The topological polar surface area (TPSA) is 17.8 Å². The minimum atomic E-state index is -0.458. The quantitative estimate of drug-likeness (QED) is 0.540. The SMILES string of the molecule is CC(Cl)c1nc2cccc(Cl)c2n1-c1c(F)cccc1Cl. The lowest BCUT2D eigenvalue weighted by Gasteiger charge is -2.13. The summed E-state index contributed by atoms with van der Waals surface area (Å²) in [7, 11) is 0. The van der Waals surface area contributed by atoms with Crippen molar-refractivity contribution in [2.75, 3.05) is 0 Å². The van der Waals surface area contributed by atoms with Gasteiger partial charge in [0.15, 0.2) is 0 Å². The largest absolute Gasteiger partial charge is 0.289 e. The first kappa shape index (κ1) is 14.6. The predicted octanol–water partition coefficient (Wildman–Crippen LogP) is 5.77. The molecule has 3 aromatic rings. The van der Waals surface area contributed by atoms with Crippen LogP contribution in [-0.2, 0) is 0 Å². The van der Waals surface area contributed by atoms with Crippen LogP contribution in [0.2, 0.25) is 10.0 Å². The van der Waals surface area contributed by atoms with Gasteiger partial charge < -0.3 is 0 Å². The number of benzene rings is 2. The number of aromatic nitrogens is 2. The Kier molecular flexibility index (Phi) is 3.82. The van der Waals surface area contributed by atoms with Gasteiger partial charge in [-0.3, -0.25) is 4.57 Å². The lowest BCUT2D eigenvalue weighted by molar-refractivity contribution is 0.616. The summed E-state index contributed by atoms with van der Waals surface area (Å²) in [4.78, 5) is 4.45. The highest BCUT2D eigenvalue weighted by Crippen LogP contribution is 2.35. The Morgan fingerprint density at radius 1 is 1.10 bits per heavy atom. The number of para-hydroxylation sites is 2. The summed E-state index contributed by atoms with van der Waals surface area (Å²) in [6.07, 6.45) is 0. The van der Waals surface area contributed by atoms with Crippen molar-refractivity contribution in [1.82, 2.24) is 9.55 Å². The van der Waals surface area contributed by atoms with E-state index in [4.69, 9.17) is 34.8 Å². The van der Waals surface area contributed by atoms with E-state index in [9.17, 15) is 4.39 Å². The maximum atomic E-state index is 14.3. The third kappa shape index (κ3) is 2.39. The van der Waals surface area contributed by atoms with Crippen LogP contribution in [0.3, 0.4) is 0 Å². The normalized spacial score (nSPS) is 12.8. The molecule has 0 bridgehead atoms. The number of hydrogen-bond donors (Lipinski definition) is 0. The zero-order valence-electron chi connectivity index (χ0n) is 10.9. The van der Waals surface area contributed by atoms with Crippen molar-refractivity contribution < 1.29 is 4.39 Å². The fourth-order valence-corrected chi connectivity index (χ4v) is 2.95. The van der Waals surface area contributed by atoms with Gasteiger partial charge >= 0.3 is 0 Å². The molecule has 0 aliphatic carbocycles. The molecule has 2 aromatic carbocycles. The van der Waals surface area contributed by atoms with Crippen LogP contribution in [0.5, 0.6) is 0 Å². The van der Waals surface area contributed by atoms with E-state index in [0.717, 1.165) is 0 Å². The zero-order valence-corrected chi connectivity index (χ0v) is 13.2. The molecule has 0 saturated carbocycles. The van der Waals surface area contributed by atoms with Crippen molar-refractivity contribution in [2.24, 2.45) is 0 Å². The number of rotatable bonds is 2. The number of fused-ring (bicyclic) bond motifs is 1. The van der Waals surface area contributed by atoms with Crippen LogP contribution in [0.4, 0.5) is 4.39 Å². The van der Waals surface area contributed by atoms with Crippen molar-refractivity contribution in [3.05, 3.63) is 58.1 Å². The highest BCUT2D eigenvalue weighted by atomic mass is 35.5. The first-order valence-electron chi connectivity index (χ1n) is 6.26. The van der Waals surface area contributed by atoms with Gasteiger partial charge in [-0.05, 0) is 31.2 Å². The van der Waals surface area contributed by atoms with Crippen LogP contribution in [0.25, 0.3) is 16.7 Å². The highest BCUT2D eigenvalue weighted by Gasteiger charge is 2.22. The Morgan fingerprint density at radius 2 is 1.76 bits per heavy atom. The molecule has 0 N–H and O–H groups in total. The van der Waals surface area contributed by atoms with Gasteiger partial charge in [-0.15, -0.1) is 11.6 Å². The van der Waals surface area contributed by atoms with Crippen molar-refractivity contribution in [3.63, 3.8) is 0 Å². The summed E-state index contributed by atoms with van der Waals surface area (Å²) in [6, 6.07) is 9.81. The molecule has 0 saturated heterocycles. The van der Waals surface area contributed by atoms with Crippen molar-refractivity contribution in [3.8, 4) is 5.69 Å². The lowest BCUT2D eigenvalue weighted by Crippen LogP contribution is -2.05. The molecule has 1 heterocycles. The smallest absolute Gasteiger partial charge is 0.148 e. The van der Waals surface area contributed by atoms with E-state index in [0.29, 0.717) is 21.9 Å². The Labute approximate surface area is 136 Å². The van der Waals surface area contributed by atoms with Crippen molar-refractivity contribution in [2.45, 2.75) is 12.3 Å². The molecule has 1 unspecified atom stereocenters. The van der Waals surface area contributed by atoms with Gasteiger partial charge in [-0.25, -0.2) is 9.37 Å². The van der Waals surface area contributed by atoms with E-state index in [-0.39, 0.29) is 10.7 Å². The molecule has 1 aromatic heterocycles. The van der Waals surface area contributed by atoms with E-state index < -0.39 is 11.2 Å². The predicted molar refractivity (Wildman–Crippen MR) is 85.3 cm³/mol. The van der Waals surface area contributed by atoms with E-state index in [1.54, 1.807) is 41.8 Å². The van der Waals surface area contributed by atoms with Gasteiger partial charge in [0.1, 0.15) is 17.3 Å². The molecule has 108 valence electrons. The monoisotopic (exact) mass is 342 g/mol. The second kappa shape index (κ2) is 5.48. The number of hydrogen-bond acceptors (Lipinski definition) is 1. The molecule has 3 rings (SSSR count). The fraction of sp³-hybridized carbons (Fsp3) is 0.133. The van der Waals surface area contributed by atoms with Crippen LogP contribution >= 0.6 is 34.8 Å². The molecule has 0 amide bonds. The van der Waals surface area contributed by atoms with Gasteiger partial charge in [-0.1, -0.05) is 35.3 Å². The zero-order chi connectivity index (χ0) is 15.1. The van der Waals surface area contributed by atoms with Gasteiger partial charge in [0, 0.05) is 0 Å². The Bertz CT molecular complexity index is 807. The molecule has 6 heteroatoms. The molecule has 0 radical (unpaired) electrons. The average Bonchev–Trinajstić information content (AvgIpc) is 2.80. The van der Waals surface area contributed by atoms with Crippen LogP contribution in [0.15, 0.2) is 36.4 Å². The van der Waals surface area contributed by atoms with Crippen molar-refractivity contribution in [1.29, 1.82) is 0 Å². The average molecular weight is 344 g/mol. The molecule has 1 atom stereocenters. The molecule has 0 spiro atoms. The number of imidazole rings is 1. The summed E-state index contributed by atoms with van der Waals surface area (Å²) in [5.74, 6) is 0.0343. The van der Waals surface area contributed by atoms with Gasteiger partial charge in [0.25, 0.3) is 0 Å². The van der Waals surface area contributed by atoms with Crippen molar-refractivity contribution >= 4 is 45.8 Å². The molecule has 21 heavy (non-hydrogen) atoms. The standard InChI is InChI=1S/C15H10Cl3FN2/c1-8(16)15-20-12-7-3-5-10(18)14(12)21(15)13-9(17)4-2-6-11(13)19/h2-8H,1H3. The highest BCUT2D eigenvalue weighted by molar-refractivity contribution is 6.35. The summed E-state index contributed by atoms with van der Waals surface area (Å²) in [5, 5.41) is 0.305. The maximum absolute atomic E-state index is 14.3. The summed E-state index contributed by atoms with van der Waals surface area (Å²) >= 11 is 18.6. The molecule has 2 nitrogen and oxygen atoms in total. The first-order valence-corrected chi connectivity index (χ1v) is 7.45. The second-order valence-electron chi connectivity index (χ2n) is 4.60. The Hall–Kier alpha value is -1.29. The van der Waals surface area contributed by atoms with Gasteiger partial charge in [0.05, 0.1) is 26.5 Å². The molecule has 0 fully saturated rings. The minimum absolute atomic E-state index is 0.206. The third-order valence-electron chi connectivity index (χ3n) is 3.17.